The number of aromatic nitrogens is 2. The van der Waals surface area contributed by atoms with Crippen molar-refractivity contribution in [2.75, 3.05) is 0 Å². The van der Waals surface area contributed by atoms with E-state index in [1.807, 2.05) is 45.0 Å². The Balaban J connectivity index is 2.75. The molecule has 20 heavy (non-hydrogen) atoms. The summed E-state index contributed by atoms with van der Waals surface area (Å²) in [7, 11) is 0. The molecule has 0 saturated carbocycles. The molecule has 0 fully saturated rings. The van der Waals surface area contributed by atoms with E-state index in [9.17, 15) is 9.90 Å². The lowest BCUT2D eigenvalue weighted by atomic mass is 9.91. The summed E-state index contributed by atoms with van der Waals surface area (Å²) in [5.74, 6) is -1.05. The maximum absolute atomic E-state index is 11.3. The number of halogens is 2. The molecule has 1 N–H and O–H groups in total. The number of hydrogen-bond acceptors (Lipinski definition) is 2. The first-order chi connectivity index (χ1) is 9.21. The summed E-state index contributed by atoms with van der Waals surface area (Å²) in [5.41, 5.74) is 1.42. The number of rotatable bonds is 2. The van der Waals surface area contributed by atoms with Crippen LogP contribution in [0.3, 0.4) is 0 Å². The molecule has 1 heterocycles. The Kier molecular flexibility index (Phi) is 4.07. The van der Waals surface area contributed by atoms with Gasteiger partial charge in [-0.15, -0.1) is 0 Å². The Morgan fingerprint density at radius 2 is 1.95 bits per heavy atom. The molecule has 106 valence electrons. The van der Waals surface area contributed by atoms with Crippen molar-refractivity contribution in [1.29, 1.82) is 0 Å². The van der Waals surface area contributed by atoms with Crippen LogP contribution in [0.4, 0.5) is 0 Å². The second kappa shape index (κ2) is 5.33. The average molecular weight is 402 g/mol. The minimum absolute atomic E-state index is 0.0231. The molecule has 0 saturated heterocycles. The molecule has 1 aromatic carbocycles. The Morgan fingerprint density at radius 1 is 1.30 bits per heavy atom. The fraction of sp³-hybridized carbons (Fsp3) is 0.286. The standard InChI is InChI=1S/C14H14Br2N2O2/c1-14(2,3)12-10(16)11(13(19)20)17-18(12)9-6-4-5-8(15)7-9/h4-7H,1-3H3,(H,19,20). The lowest BCUT2D eigenvalue weighted by molar-refractivity contribution is 0.0689. The van der Waals surface area contributed by atoms with Crippen molar-refractivity contribution in [3.8, 4) is 5.69 Å². The topological polar surface area (TPSA) is 55.1 Å². The van der Waals surface area contributed by atoms with Crippen molar-refractivity contribution < 1.29 is 9.90 Å². The Hall–Kier alpha value is -1.14. The summed E-state index contributed by atoms with van der Waals surface area (Å²) < 4.78 is 3.12. The minimum Gasteiger partial charge on any atom is -0.476 e. The van der Waals surface area contributed by atoms with Crippen LogP contribution in [0.15, 0.2) is 33.2 Å². The van der Waals surface area contributed by atoms with E-state index in [0.29, 0.717) is 4.47 Å². The van der Waals surface area contributed by atoms with Crippen LogP contribution in [-0.4, -0.2) is 20.9 Å². The van der Waals surface area contributed by atoms with Gasteiger partial charge in [0.05, 0.1) is 15.9 Å². The monoisotopic (exact) mass is 400 g/mol. The zero-order valence-corrected chi connectivity index (χ0v) is 14.5. The molecular weight excluding hydrogens is 388 g/mol. The fourth-order valence-electron chi connectivity index (χ4n) is 1.98. The van der Waals surface area contributed by atoms with E-state index in [-0.39, 0.29) is 11.1 Å². The summed E-state index contributed by atoms with van der Waals surface area (Å²) >= 11 is 6.80. The summed E-state index contributed by atoms with van der Waals surface area (Å²) in [5, 5.41) is 13.5. The van der Waals surface area contributed by atoms with E-state index in [4.69, 9.17) is 0 Å². The third-order valence-electron chi connectivity index (χ3n) is 2.79. The lowest BCUT2D eigenvalue weighted by Gasteiger charge is -2.21. The van der Waals surface area contributed by atoms with E-state index in [1.165, 1.54) is 0 Å². The van der Waals surface area contributed by atoms with Gasteiger partial charge in [-0.25, -0.2) is 9.48 Å². The van der Waals surface area contributed by atoms with Crippen LogP contribution >= 0.6 is 31.9 Å². The fourth-order valence-corrected chi connectivity index (χ4v) is 3.38. The molecule has 2 rings (SSSR count). The second-order valence-corrected chi connectivity index (χ2v) is 7.17. The third kappa shape index (κ3) is 2.81. The average Bonchev–Trinajstić information content (AvgIpc) is 2.66. The molecule has 0 aliphatic rings. The first-order valence-electron chi connectivity index (χ1n) is 6.00. The van der Waals surface area contributed by atoms with Gasteiger partial charge in [0.1, 0.15) is 0 Å². The molecule has 0 spiro atoms. The maximum atomic E-state index is 11.3. The predicted octanol–water partition coefficient (Wildman–Crippen LogP) is 4.39. The zero-order valence-electron chi connectivity index (χ0n) is 11.3. The SMILES string of the molecule is CC(C)(C)c1c(Br)c(C(=O)O)nn1-c1cccc(Br)c1. The molecule has 0 atom stereocenters. The van der Waals surface area contributed by atoms with Crippen LogP contribution in [0.25, 0.3) is 5.69 Å². The van der Waals surface area contributed by atoms with Crippen molar-refractivity contribution in [3.63, 3.8) is 0 Å². The van der Waals surface area contributed by atoms with Crippen LogP contribution in [-0.2, 0) is 5.41 Å². The molecule has 0 aliphatic heterocycles. The van der Waals surface area contributed by atoms with Gasteiger partial charge >= 0.3 is 5.97 Å². The molecule has 1 aromatic heterocycles. The highest BCUT2D eigenvalue weighted by Crippen LogP contribution is 2.34. The van der Waals surface area contributed by atoms with E-state index in [1.54, 1.807) is 4.68 Å². The molecule has 4 nitrogen and oxygen atoms in total. The first-order valence-corrected chi connectivity index (χ1v) is 7.58. The maximum Gasteiger partial charge on any atom is 0.357 e. The number of benzene rings is 1. The van der Waals surface area contributed by atoms with Crippen molar-refractivity contribution in [2.24, 2.45) is 0 Å². The van der Waals surface area contributed by atoms with E-state index < -0.39 is 5.97 Å². The Morgan fingerprint density at radius 3 is 2.45 bits per heavy atom. The van der Waals surface area contributed by atoms with Gasteiger partial charge in [0.2, 0.25) is 0 Å². The molecule has 0 radical (unpaired) electrons. The lowest BCUT2D eigenvalue weighted by Crippen LogP contribution is -2.18. The number of carboxylic acids is 1. The smallest absolute Gasteiger partial charge is 0.357 e. The van der Waals surface area contributed by atoms with Crippen LogP contribution in [0.5, 0.6) is 0 Å². The second-order valence-electron chi connectivity index (χ2n) is 5.46. The summed E-state index contributed by atoms with van der Waals surface area (Å²) in [6.07, 6.45) is 0. The van der Waals surface area contributed by atoms with Crippen LogP contribution in [0, 0.1) is 0 Å². The van der Waals surface area contributed by atoms with Crippen LogP contribution in [0.2, 0.25) is 0 Å². The van der Waals surface area contributed by atoms with Gasteiger partial charge < -0.3 is 5.11 Å². The largest absolute Gasteiger partial charge is 0.476 e. The highest BCUT2D eigenvalue weighted by molar-refractivity contribution is 9.10. The molecule has 6 heteroatoms. The molecule has 0 bridgehead atoms. The van der Waals surface area contributed by atoms with E-state index in [0.717, 1.165) is 15.9 Å². The molecule has 2 aromatic rings. The zero-order chi connectivity index (χ0) is 15.1. The van der Waals surface area contributed by atoms with Crippen molar-refractivity contribution in [3.05, 3.63) is 44.6 Å². The van der Waals surface area contributed by atoms with Crippen molar-refractivity contribution >= 4 is 37.8 Å². The third-order valence-corrected chi connectivity index (χ3v) is 4.04. The van der Waals surface area contributed by atoms with Gasteiger partial charge in [-0.05, 0) is 34.1 Å². The first kappa shape index (κ1) is 15.3. The van der Waals surface area contributed by atoms with Crippen LogP contribution in [0.1, 0.15) is 37.0 Å². The van der Waals surface area contributed by atoms with Gasteiger partial charge in [0, 0.05) is 9.89 Å². The van der Waals surface area contributed by atoms with Crippen molar-refractivity contribution in [2.45, 2.75) is 26.2 Å². The van der Waals surface area contributed by atoms with E-state index >= 15 is 0 Å². The van der Waals surface area contributed by atoms with Crippen molar-refractivity contribution in [1.82, 2.24) is 9.78 Å². The summed E-state index contributed by atoms with van der Waals surface area (Å²) in [4.78, 5) is 11.3. The summed E-state index contributed by atoms with van der Waals surface area (Å²) in [6, 6.07) is 7.60. The highest BCUT2D eigenvalue weighted by Gasteiger charge is 2.29. The normalized spacial score (nSPS) is 11.7. The molecule has 0 aliphatic carbocycles. The van der Waals surface area contributed by atoms with Crippen LogP contribution < -0.4 is 0 Å². The highest BCUT2D eigenvalue weighted by atomic mass is 79.9. The Labute approximate surface area is 134 Å². The molecular formula is C14H14Br2N2O2. The molecule has 0 unspecified atom stereocenters. The predicted molar refractivity (Wildman–Crippen MR) is 84.6 cm³/mol. The van der Waals surface area contributed by atoms with Gasteiger partial charge in [-0.1, -0.05) is 42.8 Å². The summed E-state index contributed by atoms with van der Waals surface area (Å²) in [6.45, 7) is 6.07. The molecule has 0 amide bonds. The number of aromatic carboxylic acids is 1. The Bertz CT molecular complexity index is 672. The quantitative estimate of drug-likeness (QED) is 0.811. The van der Waals surface area contributed by atoms with E-state index in [2.05, 4.69) is 37.0 Å². The number of carbonyl (C=O) groups is 1. The number of hydrogen-bond donors (Lipinski definition) is 1. The van der Waals surface area contributed by atoms with Gasteiger partial charge in [0.15, 0.2) is 5.69 Å². The minimum atomic E-state index is -1.05. The van der Waals surface area contributed by atoms with Gasteiger partial charge in [0.25, 0.3) is 0 Å². The number of nitrogens with zero attached hydrogens (tertiary/aromatic N) is 2. The number of carboxylic acid groups (broad SMARTS) is 1. The van der Waals surface area contributed by atoms with Gasteiger partial charge in [-0.3, -0.25) is 0 Å². The van der Waals surface area contributed by atoms with Gasteiger partial charge in [-0.2, -0.15) is 5.10 Å².